The number of nitrogens with zero attached hydrogens (tertiary/aromatic N) is 3. The van der Waals surface area contributed by atoms with E-state index in [1.165, 1.54) is 11.8 Å². The summed E-state index contributed by atoms with van der Waals surface area (Å²) in [6, 6.07) is 15.9. The van der Waals surface area contributed by atoms with Gasteiger partial charge in [-0.05, 0) is 72.7 Å². The molecule has 2 amide bonds. The van der Waals surface area contributed by atoms with Gasteiger partial charge in [0, 0.05) is 57.3 Å². The number of hydrogen-bond acceptors (Lipinski definition) is 12. The van der Waals surface area contributed by atoms with E-state index in [1.54, 1.807) is 24.2 Å². The number of benzene rings is 2. The first kappa shape index (κ1) is 43.1. The molecule has 292 valence electrons. The van der Waals surface area contributed by atoms with E-state index >= 15 is 0 Å². The van der Waals surface area contributed by atoms with Gasteiger partial charge in [-0.2, -0.15) is 0 Å². The maximum Gasteiger partial charge on any atom is 0.533 e. The molecule has 2 aromatic carbocycles. The lowest BCUT2D eigenvalue weighted by Gasteiger charge is -2.36. The van der Waals surface area contributed by atoms with Crippen LogP contribution < -0.4 is 8.85 Å². The molecule has 1 fully saturated rings. The van der Waals surface area contributed by atoms with E-state index < -0.39 is 34.6 Å². The molecule has 0 aliphatic carbocycles. The number of pyridine rings is 2. The number of carbonyl (C=O) groups is 3. The molecule has 0 radical (unpaired) electrons. The fraction of sp³-hybridized carbons (Fsp3) is 0.462. The highest BCUT2D eigenvalue weighted by atomic mass is 32.2. The fourth-order valence-corrected chi connectivity index (χ4v) is 8.41. The molecule has 0 unspecified atom stereocenters. The summed E-state index contributed by atoms with van der Waals surface area (Å²) in [5, 5.41) is 11.8. The Labute approximate surface area is 329 Å². The van der Waals surface area contributed by atoms with Crippen LogP contribution in [0.4, 0.5) is 4.79 Å². The molecule has 1 aliphatic heterocycles. The highest BCUT2D eigenvalue weighted by Gasteiger charge is 2.40. The molecule has 0 saturated carbocycles. The van der Waals surface area contributed by atoms with E-state index in [-0.39, 0.29) is 36.1 Å². The predicted octanol–water partition coefficient (Wildman–Crippen LogP) is 9.63. The number of rotatable bonds is 12. The number of hydrogen-bond donors (Lipinski definition) is 1. The molecule has 0 bridgehead atoms. The van der Waals surface area contributed by atoms with Crippen LogP contribution in [-0.2, 0) is 19.2 Å². The second-order valence-corrected chi connectivity index (χ2v) is 27.6. The van der Waals surface area contributed by atoms with Crippen LogP contribution in [0.3, 0.4) is 0 Å². The van der Waals surface area contributed by atoms with Gasteiger partial charge in [0.2, 0.25) is 0 Å². The number of ether oxygens (including phenoxy) is 1. The van der Waals surface area contributed by atoms with Gasteiger partial charge in [0.1, 0.15) is 29.1 Å². The summed E-state index contributed by atoms with van der Waals surface area (Å²) in [4.78, 5) is 50.6. The Hall–Kier alpha value is -3.64. The number of thioether (sulfide) groups is 2. The van der Waals surface area contributed by atoms with Gasteiger partial charge in [-0.15, -0.1) is 23.5 Å². The highest BCUT2D eigenvalue weighted by Crippen LogP contribution is 2.42. The van der Waals surface area contributed by atoms with Crippen LogP contribution in [0.5, 0.6) is 11.5 Å². The Morgan fingerprint density at radius 2 is 1.19 bits per heavy atom. The molecule has 4 aromatic rings. The molecule has 15 heteroatoms. The molecule has 0 spiro atoms. The molecule has 1 N–H and O–H groups in total. The number of amides is 2. The number of fused-ring (bicyclic) bond motifs is 2. The Morgan fingerprint density at radius 1 is 0.741 bits per heavy atom. The third-order valence-corrected chi connectivity index (χ3v) is 20.6. The molecule has 1 aliphatic rings. The van der Waals surface area contributed by atoms with Gasteiger partial charge < -0.3 is 18.7 Å². The van der Waals surface area contributed by atoms with E-state index in [1.807, 2.05) is 36.4 Å². The standard InChI is InChI=1S/C22H28N2O6SSi.C17H25NO2SSi/c1-22(2,3)32(4,5)30-16-8-9-17(15-7-6-12-23-20(15)16)31-14-13-28-21(27)29-24-18(25)10-11-19(24)26;1-17(2,3)22(4,5)20-14-8-9-15(21-12-11-19)13-7-6-10-18-16(13)14/h6-9,12H,10-11,13-14H2,1-5H3;6-10,19H,11-12H2,1-5H3. The molecule has 11 nitrogen and oxygen atoms in total. The van der Waals surface area contributed by atoms with E-state index in [0.717, 1.165) is 43.1 Å². The van der Waals surface area contributed by atoms with Gasteiger partial charge in [0.15, 0.2) is 0 Å². The first-order chi connectivity index (χ1) is 25.3. The van der Waals surface area contributed by atoms with Crippen LogP contribution in [0.1, 0.15) is 54.4 Å². The third-order valence-electron chi connectivity index (χ3n) is 9.81. The first-order valence-electron chi connectivity index (χ1n) is 18.0. The van der Waals surface area contributed by atoms with Crippen molar-refractivity contribution in [2.24, 2.45) is 0 Å². The number of imide groups is 1. The van der Waals surface area contributed by atoms with E-state index in [0.29, 0.717) is 16.6 Å². The molecular formula is C39H53N3O8S2Si2. The van der Waals surface area contributed by atoms with Crippen LogP contribution >= 0.6 is 23.5 Å². The summed E-state index contributed by atoms with van der Waals surface area (Å²) < 4.78 is 17.9. The molecule has 0 atom stereocenters. The summed E-state index contributed by atoms with van der Waals surface area (Å²) in [6.07, 6.45) is 2.56. The summed E-state index contributed by atoms with van der Waals surface area (Å²) in [5.74, 6) is 1.71. The molecular weight excluding hydrogens is 759 g/mol. The van der Waals surface area contributed by atoms with E-state index in [4.69, 9.17) is 18.7 Å². The summed E-state index contributed by atoms with van der Waals surface area (Å²) in [7, 11) is -3.91. The minimum absolute atomic E-state index is 0.0399. The zero-order valence-corrected chi connectivity index (χ0v) is 36.6. The molecule has 54 heavy (non-hydrogen) atoms. The number of hydroxylamine groups is 2. The predicted molar refractivity (Wildman–Crippen MR) is 221 cm³/mol. The number of aromatic nitrogens is 2. The maximum atomic E-state index is 11.7. The average Bonchev–Trinajstić information content (AvgIpc) is 3.41. The van der Waals surface area contributed by atoms with Crippen LogP contribution in [0.2, 0.25) is 36.3 Å². The van der Waals surface area contributed by atoms with Crippen molar-refractivity contribution >= 4 is 79.9 Å². The van der Waals surface area contributed by atoms with Crippen LogP contribution in [-0.4, -0.2) is 79.5 Å². The lowest BCUT2D eigenvalue weighted by molar-refractivity contribution is -0.176. The Morgan fingerprint density at radius 3 is 1.61 bits per heavy atom. The molecule has 3 heterocycles. The van der Waals surface area contributed by atoms with Crippen molar-refractivity contribution in [2.75, 3.05) is 24.7 Å². The number of aliphatic hydroxyl groups is 1. The van der Waals surface area contributed by atoms with Crippen molar-refractivity contribution in [3.05, 3.63) is 60.9 Å². The first-order valence-corrected chi connectivity index (χ1v) is 25.7. The van der Waals surface area contributed by atoms with E-state index in [9.17, 15) is 14.4 Å². The average molecular weight is 812 g/mol. The van der Waals surface area contributed by atoms with Crippen LogP contribution in [0, 0.1) is 0 Å². The number of aliphatic hydroxyl groups excluding tert-OH is 1. The van der Waals surface area contributed by atoms with Gasteiger partial charge in [0.05, 0.1) is 6.61 Å². The second-order valence-electron chi connectivity index (χ2n) is 15.8. The number of carbonyl (C=O) groups excluding carboxylic acids is 3. The van der Waals surface area contributed by atoms with Gasteiger partial charge in [-0.1, -0.05) is 58.7 Å². The zero-order valence-electron chi connectivity index (χ0n) is 33.0. The second kappa shape index (κ2) is 17.9. The summed E-state index contributed by atoms with van der Waals surface area (Å²) in [5.41, 5.74) is 1.71. The van der Waals surface area contributed by atoms with Gasteiger partial charge in [-0.25, -0.2) is 4.79 Å². The van der Waals surface area contributed by atoms with Crippen LogP contribution in [0.15, 0.2) is 70.7 Å². The minimum atomic E-state index is -2.02. The minimum Gasteiger partial charge on any atom is -0.542 e. The third kappa shape index (κ3) is 10.8. The largest absolute Gasteiger partial charge is 0.542 e. The van der Waals surface area contributed by atoms with Crippen molar-refractivity contribution in [2.45, 2.75) is 100 Å². The van der Waals surface area contributed by atoms with Crippen molar-refractivity contribution in [1.29, 1.82) is 0 Å². The van der Waals surface area contributed by atoms with Crippen molar-refractivity contribution < 1.29 is 37.9 Å². The van der Waals surface area contributed by atoms with E-state index in [2.05, 4.69) is 94.7 Å². The topological polar surface area (TPSA) is 137 Å². The molecule has 5 rings (SSSR count). The van der Waals surface area contributed by atoms with Gasteiger partial charge in [-0.3, -0.25) is 24.4 Å². The monoisotopic (exact) mass is 811 g/mol. The van der Waals surface area contributed by atoms with Crippen molar-refractivity contribution in [3.63, 3.8) is 0 Å². The Bertz CT molecular complexity index is 1950. The van der Waals surface area contributed by atoms with Gasteiger partial charge in [0.25, 0.3) is 28.4 Å². The van der Waals surface area contributed by atoms with Crippen molar-refractivity contribution in [3.8, 4) is 11.5 Å². The lowest BCUT2D eigenvalue weighted by Crippen LogP contribution is -2.43. The summed E-state index contributed by atoms with van der Waals surface area (Å²) >= 11 is 3.15. The maximum absolute atomic E-state index is 11.7. The quantitative estimate of drug-likeness (QED) is 0.0480. The van der Waals surface area contributed by atoms with Gasteiger partial charge >= 0.3 is 6.16 Å². The summed E-state index contributed by atoms with van der Waals surface area (Å²) in [6.45, 7) is 22.4. The zero-order chi connectivity index (χ0) is 39.9. The molecule has 2 aromatic heterocycles. The SMILES string of the molecule is CC(C)(C)[Si](C)(C)Oc1ccc(SCCO)c2cccnc12.CC(C)(C)[Si](C)(C)Oc1ccc(SCCOC(=O)ON2C(=O)CCC2=O)c2cccnc12. The Balaban J connectivity index is 0.000000258. The Kier molecular flexibility index (Phi) is 14.3. The highest BCUT2D eigenvalue weighted by molar-refractivity contribution is 7.99. The molecule has 1 saturated heterocycles. The lowest BCUT2D eigenvalue weighted by atomic mass is 10.2. The fourth-order valence-electron chi connectivity index (χ4n) is 4.70. The van der Waals surface area contributed by atoms with Crippen molar-refractivity contribution in [1.82, 2.24) is 15.0 Å². The van der Waals surface area contributed by atoms with Crippen LogP contribution in [0.25, 0.3) is 21.8 Å². The normalized spacial score (nSPS) is 13.9. The smallest absolute Gasteiger partial charge is 0.533 e.